The molecule has 0 aromatic heterocycles. The van der Waals surface area contributed by atoms with Gasteiger partial charge in [-0.15, -0.1) is 0 Å². The molecule has 1 aliphatic rings. The van der Waals surface area contributed by atoms with Crippen molar-refractivity contribution in [1.29, 1.82) is 0 Å². The first kappa shape index (κ1) is 16.0. The quantitative estimate of drug-likeness (QED) is 0.832. The Morgan fingerprint density at radius 3 is 2.39 bits per heavy atom. The number of nitrogens with two attached hydrogens (primary N) is 1. The molecule has 2 unspecified atom stereocenters. The summed E-state index contributed by atoms with van der Waals surface area (Å²) in [5.41, 5.74) is 6.62. The van der Waals surface area contributed by atoms with Gasteiger partial charge in [-0.25, -0.2) is 0 Å². The van der Waals surface area contributed by atoms with Crippen LogP contribution in [0.15, 0.2) is 0 Å². The van der Waals surface area contributed by atoms with E-state index in [1.165, 1.54) is 38.9 Å². The van der Waals surface area contributed by atoms with Gasteiger partial charge in [0, 0.05) is 6.04 Å². The highest BCUT2D eigenvalue weighted by atomic mass is 15.1. The molecule has 0 aliphatic carbocycles. The second kappa shape index (κ2) is 6.91. The van der Waals surface area contributed by atoms with Crippen molar-refractivity contribution in [2.75, 3.05) is 19.6 Å². The van der Waals surface area contributed by atoms with Gasteiger partial charge in [0.25, 0.3) is 0 Å². The van der Waals surface area contributed by atoms with E-state index in [4.69, 9.17) is 5.73 Å². The Hall–Kier alpha value is -0.0800. The monoisotopic (exact) mass is 254 g/mol. The predicted octanol–water partition coefficient (Wildman–Crippen LogP) is 3.51. The smallest absolute Gasteiger partial charge is 0.00740 e. The molecule has 2 N–H and O–H groups in total. The highest BCUT2D eigenvalue weighted by molar-refractivity contribution is 4.79. The van der Waals surface area contributed by atoms with Crippen LogP contribution >= 0.6 is 0 Å². The molecule has 2 heteroatoms. The molecule has 0 aromatic rings. The van der Waals surface area contributed by atoms with Crippen LogP contribution in [0.3, 0.4) is 0 Å². The fraction of sp³-hybridized carbons (Fsp3) is 1.00. The van der Waals surface area contributed by atoms with Crippen LogP contribution in [0.5, 0.6) is 0 Å². The topological polar surface area (TPSA) is 29.3 Å². The van der Waals surface area contributed by atoms with Crippen molar-refractivity contribution in [2.24, 2.45) is 23.0 Å². The lowest BCUT2D eigenvalue weighted by atomic mass is 9.77. The van der Waals surface area contributed by atoms with Crippen LogP contribution in [0.2, 0.25) is 0 Å². The number of likely N-dealkylation sites (tertiary alicyclic amines) is 1. The summed E-state index contributed by atoms with van der Waals surface area (Å²) in [6.45, 7) is 15.4. The molecule has 0 aromatic carbocycles. The van der Waals surface area contributed by atoms with E-state index in [0.29, 0.717) is 17.4 Å². The fourth-order valence-corrected chi connectivity index (χ4v) is 2.91. The van der Waals surface area contributed by atoms with Gasteiger partial charge in [-0.1, -0.05) is 34.6 Å². The third-order valence-electron chi connectivity index (χ3n) is 4.68. The zero-order valence-corrected chi connectivity index (χ0v) is 13.2. The van der Waals surface area contributed by atoms with Crippen molar-refractivity contribution >= 4 is 0 Å². The van der Waals surface area contributed by atoms with Crippen LogP contribution in [-0.4, -0.2) is 30.6 Å². The van der Waals surface area contributed by atoms with Gasteiger partial charge in [-0.3, -0.25) is 0 Å². The zero-order valence-electron chi connectivity index (χ0n) is 13.2. The van der Waals surface area contributed by atoms with Crippen molar-refractivity contribution in [1.82, 2.24) is 4.90 Å². The van der Waals surface area contributed by atoms with Gasteiger partial charge in [0.05, 0.1) is 0 Å². The third kappa shape index (κ3) is 5.27. The second-order valence-corrected chi connectivity index (χ2v) is 7.53. The number of nitrogens with zero attached hydrogens (tertiary/aromatic N) is 1. The summed E-state index contributed by atoms with van der Waals surface area (Å²) < 4.78 is 0. The first-order valence-electron chi connectivity index (χ1n) is 7.78. The van der Waals surface area contributed by atoms with E-state index >= 15 is 0 Å². The molecule has 2 nitrogen and oxygen atoms in total. The molecule has 0 spiro atoms. The Bertz CT molecular complexity index is 230. The van der Waals surface area contributed by atoms with Crippen LogP contribution in [0.1, 0.15) is 60.3 Å². The Morgan fingerprint density at radius 2 is 1.83 bits per heavy atom. The molecule has 108 valence electrons. The third-order valence-corrected chi connectivity index (χ3v) is 4.68. The van der Waals surface area contributed by atoms with Crippen molar-refractivity contribution < 1.29 is 0 Å². The van der Waals surface area contributed by atoms with Crippen LogP contribution in [0, 0.1) is 17.3 Å². The van der Waals surface area contributed by atoms with Gasteiger partial charge in [0.2, 0.25) is 0 Å². The summed E-state index contributed by atoms with van der Waals surface area (Å²) >= 11 is 0. The number of hydrogen-bond acceptors (Lipinski definition) is 2. The van der Waals surface area contributed by atoms with Gasteiger partial charge >= 0.3 is 0 Å². The summed E-state index contributed by atoms with van der Waals surface area (Å²) in [4.78, 5) is 2.63. The van der Waals surface area contributed by atoms with Crippen LogP contribution in [0.25, 0.3) is 0 Å². The lowest BCUT2D eigenvalue weighted by molar-refractivity contribution is 0.205. The Labute approximate surface area is 114 Å². The fourth-order valence-electron chi connectivity index (χ4n) is 2.91. The molecule has 1 heterocycles. The Morgan fingerprint density at radius 1 is 1.17 bits per heavy atom. The van der Waals surface area contributed by atoms with E-state index in [1.54, 1.807) is 0 Å². The molecule has 2 atom stereocenters. The van der Waals surface area contributed by atoms with E-state index in [1.807, 2.05) is 0 Å². The lowest BCUT2D eigenvalue weighted by Gasteiger charge is -2.30. The molecular formula is C16H34N2. The maximum Gasteiger partial charge on any atom is 0.00740 e. The average molecular weight is 254 g/mol. The van der Waals surface area contributed by atoms with Crippen molar-refractivity contribution in [3.63, 3.8) is 0 Å². The number of hydrogen-bond donors (Lipinski definition) is 1. The zero-order chi connectivity index (χ0) is 13.8. The highest BCUT2D eigenvalue weighted by Crippen LogP contribution is 2.34. The molecule has 0 saturated carbocycles. The van der Waals surface area contributed by atoms with E-state index in [-0.39, 0.29) is 0 Å². The highest BCUT2D eigenvalue weighted by Gasteiger charge is 2.27. The van der Waals surface area contributed by atoms with E-state index in [0.717, 1.165) is 12.3 Å². The summed E-state index contributed by atoms with van der Waals surface area (Å²) in [5.74, 6) is 1.50. The maximum absolute atomic E-state index is 6.14. The molecule has 1 fully saturated rings. The summed E-state index contributed by atoms with van der Waals surface area (Å²) in [6, 6.07) is 0.367. The molecule has 0 bridgehead atoms. The van der Waals surface area contributed by atoms with Gasteiger partial charge in [-0.05, 0) is 62.6 Å². The summed E-state index contributed by atoms with van der Waals surface area (Å²) in [7, 11) is 0. The van der Waals surface area contributed by atoms with E-state index in [9.17, 15) is 0 Å². The molecule has 18 heavy (non-hydrogen) atoms. The van der Waals surface area contributed by atoms with Gasteiger partial charge in [0.1, 0.15) is 0 Å². The van der Waals surface area contributed by atoms with Gasteiger partial charge in [0.15, 0.2) is 0 Å². The molecule has 1 aliphatic heterocycles. The van der Waals surface area contributed by atoms with Crippen molar-refractivity contribution in [3.05, 3.63) is 0 Å². The predicted molar refractivity (Wildman–Crippen MR) is 80.7 cm³/mol. The van der Waals surface area contributed by atoms with Crippen molar-refractivity contribution in [2.45, 2.75) is 66.3 Å². The first-order valence-corrected chi connectivity index (χ1v) is 7.78. The molecule has 0 radical (unpaired) electrons. The van der Waals surface area contributed by atoms with Crippen LogP contribution in [-0.2, 0) is 0 Å². The molecular weight excluding hydrogens is 220 g/mol. The van der Waals surface area contributed by atoms with Crippen LogP contribution in [0.4, 0.5) is 0 Å². The first-order chi connectivity index (χ1) is 8.30. The van der Waals surface area contributed by atoms with Gasteiger partial charge in [-0.2, -0.15) is 0 Å². The summed E-state index contributed by atoms with van der Waals surface area (Å²) in [5, 5.41) is 0. The largest absolute Gasteiger partial charge is 0.327 e. The van der Waals surface area contributed by atoms with E-state index in [2.05, 4.69) is 39.5 Å². The normalized spacial score (nSPS) is 25.2. The maximum atomic E-state index is 6.14. The van der Waals surface area contributed by atoms with Crippen molar-refractivity contribution in [3.8, 4) is 0 Å². The SMILES string of the molecule is CC(C)C(N)CCN1CCCC(C(C)(C)C)CC1. The Kier molecular flexibility index (Phi) is 6.13. The van der Waals surface area contributed by atoms with E-state index < -0.39 is 0 Å². The second-order valence-electron chi connectivity index (χ2n) is 7.53. The minimum atomic E-state index is 0.367. The minimum absolute atomic E-state index is 0.367. The molecule has 1 saturated heterocycles. The molecule has 1 rings (SSSR count). The minimum Gasteiger partial charge on any atom is -0.327 e. The standard InChI is InChI=1S/C16H34N2/c1-13(2)15(17)9-12-18-10-6-7-14(8-11-18)16(3,4)5/h13-15H,6-12,17H2,1-5H3. The average Bonchev–Trinajstić information content (AvgIpc) is 2.50. The lowest BCUT2D eigenvalue weighted by Crippen LogP contribution is -2.34. The van der Waals surface area contributed by atoms with Gasteiger partial charge < -0.3 is 10.6 Å². The number of rotatable bonds is 4. The molecule has 0 amide bonds. The Balaban J connectivity index is 2.34. The summed E-state index contributed by atoms with van der Waals surface area (Å²) in [6.07, 6.45) is 5.27. The van der Waals surface area contributed by atoms with Crippen LogP contribution < -0.4 is 5.73 Å².